The van der Waals surface area contributed by atoms with Crippen LogP contribution in [0.15, 0.2) is 12.2 Å². The minimum Gasteiger partial charge on any atom is -0.378 e. The average molecular weight is 336 g/mol. The van der Waals surface area contributed by atoms with Gasteiger partial charge in [-0.2, -0.15) is 0 Å². The summed E-state index contributed by atoms with van der Waals surface area (Å²) in [4.78, 5) is 2.70. The number of nitrogens with zero attached hydrogens (tertiary/aromatic N) is 1. The van der Waals surface area contributed by atoms with Crippen molar-refractivity contribution in [2.24, 2.45) is 0 Å². The maximum absolute atomic E-state index is 6.18. The van der Waals surface area contributed by atoms with Crippen molar-refractivity contribution in [2.75, 3.05) is 19.7 Å². The van der Waals surface area contributed by atoms with Crippen molar-refractivity contribution in [3.8, 4) is 0 Å². The zero-order valence-corrected chi connectivity index (χ0v) is 16.2. The third-order valence-corrected chi connectivity index (χ3v) is 5.93. The SMILES string of the molecule is C=C(CCCCCCC)CCCCOC1CCN2CCCCC2C1. The number of fused-ring (bicyclic) bond motifs is 1. The van der Waals surface area contributed by atoms with E-state index in [2.05, 4.69) is 18.4 Å². The molecule has 0 aromatic rings. The summed E-state index contributed by atoms with van der Waals surface area (Å²) in [5.41, 5.74) is 1.46. The van der Waals surface area contributed by atoms with Crippen molar-refractivity contribution in [1.29, 1.82) is 0 Å². The Morgan fingerprint density at radius 2 is 1.75 bits per heavy atom. The highest BCUT2D eigenvalue weighted by atomic mass is 16.5. The van der Waals surface area contributed by atoms with Crippen molar-refractivity contribution in [2.45, 2.75) is 109 Å². The van der Waals surface area contributed by atoms with E-state index < -0.39 is 0 Å². The highest BCUT2D eigenvalue weighted by Crippen LogP contribution is 2.27. The van der Waals surface area contributed by atoms with Crippen LogP contribution in [0.4, 0.5) is 0 Å². The van der Waals surface area contributed by atoms with E-state index in [1.807, 2.05) is 0 Å². The fourth-order valence-electron chi connectivity index (χ4n) is 4.33. The van der Waals surface area contributed by atoms with Gasteiger partial charge in [-0.15, -0.1) is 0 Å². The van der Waals surface area contributed by atoms with Crippen molar-refractivity contribution in [1.82, 2.24) is 4.90 Å². The summed E-state index contributed by atoms with van der Waals surface area (Å²) in [5, 5.41) is 0. The Kier molecular flexibility index (Phi) is 10.1. The zero-order chi connectivity index (χ0) is 17.0. The first-order chi connectivity index (χ1) is 11.8. The number of hydrogen-bond acceptors (Lipinski definition) is 2. The number of piperidine rings is 2. The van der Waals surface area contributed by atoms with Crippen LogP contribution < -0.4 is 0 Å². The fourth-order valence-corrected chi connectivity index (χ4v) is 4.33. The molecule has 2 unspecified atom stereocenters. The van der Waals surface area contributed by atoms with Crippen LogP contribution >= 0.6 is 0 Å². The molecule has 2 nitrogen and oxygen atoms in total. The van der Waals surface area contributed by atoms with E-state index in [4.69, 9.17) is 4.74 Å². The first-order valence-corrected chi connectivity index (χ1v) is 10.8. The predicted octanol–water partition coefficient (Wildman–Crippen LogP) is 6.11. The molecule has 2 aliphatic heterocycles. The maximum Gasteiger partial charge on any atom is 0.0602 e. The highest BCUT2D eigenvalue weighted by molar-refractivity contribution is 4.93. The Hall–Kier alpha value is -0.340. The summed E-state index contributed by atoms with van der Waals surface area (Å²) in [6.45, 7) is 10.1. The minimum atomic E-state index is 0.533. The van der Waals surface area contributed by atoms with E-state index in [0.29, 0.717) is 6.10 Å². The second-order valence-corrected chi connectivity index (χ2v) is 8.07. The van der Waals surface area contributed by atoms with Crippen LogP contribution in [-0.2, 0) is 4.74 Å². The molecule has 2 fully saturated rings. The van der Waals surface area contributed by atoms with Gasteiger partial charge in [-0.1, -0.05) is 51.2 Å². The average Bonchev–Trinajstić information content (AvgIpc) is 2.61. The molecule has 140 valence electrons. The lowest BCUT2D eigenvalue weighted by atomic mass is 9.91. The van der Waals surface area contributed by atoms with E-state index >= 15 is 0 Å². The molecular weight excluding hydrogens is 294 g/mol. The quantitative estimate of drug-likeness (QED) is 0.315. The first-order valence-electron chi connectivity index (χ1n) is 10.8. The molecule has 0 aromatic heterocycles. The van der Waals surface area contributed by atoms with Gasteiger partial charge in [0.25, 0.3) is 0 Å². The molecule has 0 bridgehead atoms. The molecule has 2 heteroatoms. The third-order valence-electron chi connectivity index (χ3n) is 5.93. The topological polar surface area (TPSA) is 12.5 Å². The lowest BCUT2D eigenvalue weighted by molar-refractivity contribution is -0.0261. The van der Waals surface area contributed by atoms with Crippen LogP contribution in [0.5, 0.6) is 0 Å². The van der Waals surface area contributed by atoms with Crippen LogP contribution in [0.25, 0.3) is 0 Å². The molecule has 0 aliphatic carbocycles. The van der Waals surface area contributed by atoms with Gasteiger partial charge in [0.1, 0.15) is 0 Å². The number of hydrogen-bond donors (Lipinski definition) is 0. The van der Waals surface area contributed by atoms with Crippen molar-refractivity contribution in [3.63, 3.8) is 0 Å². The monoisotopic (exact) mass is 335 g/mol. The minimum absolute atomic E-state index is 0.533. The van der Waals surface area contributed by atoms with Crippen molar-refractivity contribution >= 4 is 0 Å². The van der Waals surface area contributed by atoms with E-state index in [1.54, 1.807) is 0 Å². The zero-order valence-electron chi connectivity index (χ0n) is 16.2. The molecule has 0 saturated carbocycles. The smallest absolute Gasteiger partial charge is 0.0602 e. The van der Waals surface area contributed by atoms with Gasteiger partial charge >= 0.3 is 0 Å². The van der Waals surface area contributed by atoms with Crippen LogP contribution in [0.3, 0.4) is 0 Å². The largest absolute Gasteiger partial charge is 0.378 e. The number of unbranched alkanes of at least 4 members (excludes halogenated alkanes) is 5. The molecule has 2 rings (SSSR count). The summed E-state index contributed by atoms with van der Waals surface area (Å²) < 4.78 is 6.18. The lowest BCUT2D eigenvalue weighted by Gasteiger charge is -2.42. The maximum atomic E-state index is 6.18. The normalized spacial score (nSPS) is 24.7. The van der Waals surface area contributed by atoms with E-state index in [9.17, 15) is 0 Å². The Balaban J connectivity index is 1.43. The Labute approximate surface area is 151 Å². The van der Waals surface area contributed by atoms with Crippen LogP contribution in [0, 0.1) is 0 Å². The molecule has 24 heavy (non-hydrogen) atoms. The molecule has 2 aliphatic rings. The van der Waals surface area contributed by atoms with Gasteiger partial charge in [-0.05, 0) is 64.3 Å². The summed E-state index contributed by atoms with van der Waals surface area (Å²) in [6.07, 6.45) is 19.1. The Morgan fingerprint density at radius 1 is 0.958 bits per heavy atom. The fraction of sp³-hybridized carbons (Fsp3) is 0.909. The Bertz CT molecular complexity index is 341. The number of rotatable bonds is 12. The lowest BCUT2D eigenvalue weighted by Crippen LogP contribution is -2.47. The first kappa shape index (κ1) is 20.0. The van der Waals surface area contributed by atoms with Crippen molar-refractivity contribution < 1.29 is 4.74 Å². The van der Waals surface area contributed by atoms with Crippen LogP contribution in [-0.4, -0.2) is 36.7 Å². The molecule has 2 saturated heterocycles. The predicted molar refractivity (Wildman–Crippen MR) is 105 cm³/mol. The van der Waals surface area contributed by atoms with Crippen molar-refractivity contribution in [3.05, 3.63) is 12.2 Å². The molecule has 0 amide bonds. The van der Waals surface area contributed by atoms with E-state index in [-0.39, 0.29) is 0 Å². The molecule has 0 radical (unpaired) electrons. The van der Waals surface area contributed by atoms with E-state index in [0.717, 1.165) is 12.6 Å². The molecule has 0 spiro atoms. The Morgan fingerprint density at radius 3 is 2.58 bits per heavy atom. The highest BCUT2D eigenvalue weighted by Gasteiger charge is 2.30. The van der Waals surface area contributed by atoms with Crippen LogP contribution in [0.1, 0.15) is 96.8 Å². The molecule has 0 N–H and O–H groups in total. The molecule has 0 aromatic carbocycles. The number of ether oxygens (including phenoxy) is 1. The van der Waals surface area contributed by atoms with Gasteiger partial charge in [-0.3, -0.25) is 0 Å². The van der Waals surface area contributed by atoms with Gasteiger partial charge in [0, 0.05) is 19.2 Å². The summed E-state index contributed by atoms with van der Waals surface area (Å²) in [5.74, 6) is 0. The van der Waals surface area contributed by atoms with E-state index in [1.165, 1.54) is 109 Å². The molecule has 2 heterocycles. The summed E-state index contributed by atoms with van der Waals surface area (Å²) in [6, 6.07) is 0.824. The summed E-state index contributed by atoms with van der Waals surface area (Å²) in [7, 11) is 0. The van der Waals surface area contributed by atoms with Gasteiger partial charge in [0.05, 0.1) is 6.10 Å². The van der Waals surface area contributed by atoms with Gasteiger partial charge in [0.2, 0.25) is 0 Å². The molecular formula is C22H41NO. The standard InChI is InChI=1S/C22H41NO/c1-3-4-5-6-7-12-20(2)13-9-11-18-24-22-15-17-23-16-10-8-14-21(23)19-22/h21-22H,2-19H2,1H3. The third kappa shape index (κ3) is 7.70. The van der Waals surface area contributed by atoms with Gasteiger partial charge in [-0.25, -0.2) is 0 Å². The number of allylic oxidation sites excluding steroid dienone is 1. The van der Waals surface area contributed by atoms with Crippen LogP contribution in [0.2, 0.25) is 0 Å². The van der Waals surface area contributed by atoms with Gasteiger partial charge < -0.3 is 9.64 Å². The second-order valence-electron chi connectivity index (χ2n) is 8.07. The molecule has 2 atom stereocenters. The second kappa shape index (κ2) is 12.1. The van der Waals surface area contributed by atoms with Gasteiger partial charge in [0.15, 0.2) is 0 Å². The summed E-state index contributed by atoms with van der Waals surface area (Å²) >= 11 is 0.